The predicted octanol–water partition coefficient (Wildman–Crippen LogP) is 12.4. The first kappa shape index (κ1) is 36.1. The molecule has 1 N–H and O–H groups in total. The molecule has 2 atom stereocenters. The Balaban J connectivity index is 1.48. The molecule has 3 aromatic rings. The van der Waals surface area contributed by atoms with E-state index in [2.05, 4.69) is 103 Å². The summed E-state index contributed by atoms with van der Waals surface area (Å²) in [6.45, 7) is 8.23. The summed E-state index contributed by atoms with van der Waals surface area (Å²) in [5.41, 5.74) is 2.90. The minimum atomic E-state index is 0.0104. The molecule has 244 valence electrons. The topological polar surface area (TPSA) is 19.7 Å². The van der Waals surface area contributed by atoms with Crippen LogP contribution in [0.25, 0.3) is 0 Å². The Hall–Kier alpha value is -2.35. The number of nitrogens with zero attached hydrogens (tertiary/aromatic N) is 1. The fraction of sp³-hybridized carbons (Fsp3) is 0.643. The van der Waals surface area contributed by atoms with E-state index >= 15 is 0 Å². The van der Waals surface area contributed by atoms with Gasteiger partial charge >= 0.3 is 0 Å². The van der Waals surface area contributed by atoms with E-state index in [-0.39, 0.29) is 5.41 Å². The largest absolute Gasteiger partial charge is 0.258 e. The zero-order valence-corrected chi connectivity index (χ0v) is 29.0. The van der Waals surface area contributed by atoms with Crippen LogP contribution < -0.4 is 4.57 Å². The highest BCUT2D eigenvalue weighted by Crippen LogP contribution is 2.43. The van der Waals surface area contributed by atoms with Crippen LogP contribution in [0.15, 0.2) is 73.1 Å². The normalized spacial score (nSPS) is 13.6. The molecule has 0 amide bonds. The molecule has 2 unspecified atom stereocenters. The molecule has 0 saturated carbocycles. The van der Waals surface area contributed by atoms with Crippen molar-refractivity contribution in [3.63, 3.8) is 0 Å². The molecule has 0 fully saturated rings. The quantitative estimate of drug-likeness (QED) is 0.0699. The monoisotopic (exact) mass is 600 g/mol. The Labute approximate surface area is 272 Å². The summed E-state index contributed by atoms with van der Waals surface area (Å²) in [5.74, 6) is 1.85. The van der Waals surface area contributed by atoms with Gasteiger partial charge in [-0.15, -0.1) is 0 Å². The average molecular weight is 600 g/mol. The predicted molar refractivity (Wildman–Crippen MR) is 191 cm³/mol. The second-order valence-electron chi connectivity index (χ2n) is 13.8. The Kier molecular flexibility index (Phi) is 18.2. The Morgan fingerprint density at radius 1 is 0.591 bits per heavy atom. The molecule has 0 radical (unpaired) electrons. The SMILES string of the molecule is CCCCCCCCCCCCCCCCCCCC(c1[nH]cc[n+]1CCCC)C(C)(Cc1ccccc1)c1ccccc1. The van der Waals surface area contributed by atoms with E-state index < -0.39 is 0 Å². The maximum Gasteiger partial charge on any atom is 0.258 e. The van der Waals surface area contributed by atoms with Gasteiger partial charge in [0.1, 0.15) is 12.4 Å². The molecule has 2 nitrogen and oxygen atoms in total. The first-order chi connectivity index (χ1) is 21.7. The molecule has 0 saturated heterocycles. The molecular formula is C42H67N2+. The molecule has 44 heavy (non-hydrogen) atoms. The maximum atomic E-state index is 3.75. The summed E-state index contributed by atoms with van der Waals surface area (Å²) in [6.07, 6.45) is 33.3. The second-order valence-corrected chi connectivity index (χ2v) is 13.8. The Morgan fingerprint density at radius 2 is 1.07 bits per heavy atom. The molecule has 0 spiro atoms. The molecule has 0 aliphatic rings. The highest BCUT2D eigenvalue weighted by Gasteiger charge is 2.41. The van der Waals surface area contributed by atoms with Gasteiger partial charge in [0.15, 0.2) is 0 Å². The van der Waals surface area contributed by atoms with Crippen LogP contribution in [0.4, 0.5) is 0 Å². The van der Waals surface area contributed by atoms with Crippen molar-refractivity contribution in [3.05, 3.63) is 90.0 Å². The van der Waals surface area contributed by atoms with E-state index in [0.29, 0.717) is 5.92 Å². The van der Waals surface area contributed by atoms with Gasteiger partial charge in [-0.25, -0.2) is 9.55 Å². The first-order valence-electron chi connectivity index (χ1n) is 18.8. The molecule has 1 aromatic heterocycles. The van der Waals surface area contributed by atoms with Crippen molar-refractivity contribution in [1.29, 1.82) is 0 Å². The summed E-state index contributed by atoms with van der Waals surface area (Å²) in [4.78, 5) is 3.75. The summed E-state index contributed by atoms with van der Waals surface area (Å²) >= 11 is 0. The zero-order valence-electron chi connectivity index (χ0n) is 29.0. The standard InChI is InChI=1S/C42H66N2/c1-4-6-8-9-10-11-12-13-14-15-16-17-18-19-20-21-28-33-40(41-43-34-36-44(41)35-7-5-2)42(3,39-31-26-23-27-32-39)37-38-29-24-22-25-30-38/h22-27,29-32,34,36,40H,4-21,28,33,35,37H2,1-3H3/p+1. The number of aromatic amines is 1. The highest BCUT2D eigenvalue weighted by atomic mass is 15.1. The molecule has 2 aromatic carbocycles. The average Bonchev–Trinajstić information content (AvgIpc) is 3.52. The van der Waals surface area contributed by atoms with Crippen molar-refractivity contribution in [1.82, 2.24) is 4.98 Å². The first-order valence-corrected chi connectivity index (χ1v) is 18.8. The molecule has 0 bridgehead atoms. The summed E-state index contributed by atoms with van der Waals surface area (Å²) in [6, 6.07) is 22.5. The number of unbranched alkanes of at least 4 members (excludes halogenated alkanes) is 17. The molecule has 0 aliphatic carbocycles. The molecular weight excluding hydrogens is 532 g/mol. The van der Waals surface area contributed by atoms with Crippen LogP contribution in [0.3, 0.4) is 0 Å². The lowest BCUT2D eigenvalue weighted by molar-refractivity contribution is -0.705. The molecule has 1 heterocycles. The summed E-state index contributed by atoms with van der Waals surface area (Å²) < 4.78 is 2.52. The Bertz CT molecular complexity index is 1070. The van der Waals surface area contributed by atoms with Crippen LogP contribution >= 0.6 is 0 Å². The van der Waals surface area contributed by atoms with Crippen LogP contribution in [-0.2, 0) is 18.4 Å². The lowest BCUT2D eigenvalue weighted by Gasteiger charge is -2.37. The smallest absolute Gasteiger partial charge is 0.247 e. The van der Waals surface area contributed by atoms with E-state index in [4.69, 9.17) is 0 Å². The van der Waals surface area contributed by atoms with Crippen molar-refractivity contribution >= 4 is 0 Å². The lowest BCUT2D eigenvalue weighted by Crippen LogP contribution is -2.43. The van der Waals surface area contributed by atoms with Crippen LogP contribution in [0.1, 0.15) is 172 Å². The number of nitrogens with one attached hydrogen (secondary N) is 1. The minimum absolute atomic E-state index is 0.0104. The number of aryl methyl sites for hydroxylation is 1. The van der Waals surface area contributed by atoms with Crippen molar-refractivity contribution < 1.29 is 4.57 Å². The third-order valence-corrected chi connectivity index (χ3v) is 10.1. The van der Waals surface area contributed by atoms with Crippen molar-refractivity contribution in [2.24, 2.45) is 0 Å². The van der Waals surface area contributed by atoms with Crippen molar-refractivity contribution in [2.45, 2.75) is 173 Å². The van der Waals surface area contributed by atoms with Crippen LogP contribution in [-0.4, -0.2) is 4.98 Å². The van der Waals surface area contributed by atoms with Crippen LogP contribution in [0.2, 0.25) is 0 Å². The van der Waals surface area contributed by atoms with Gasteiger partial charge in [0.25, 0.3) is 5.82 Å². The molecule has 2 heteroatoms. The van der Waals surface area contributed by atoms with E-state index in [1.54, 1.807) is 0 Å². The maximum absolute atomic E-state index is 3.75. The van der Waals surface area contributed by atoms with Gasteiger partial charge in [-0.3, -0.25) is 0 Å². The number of aromatic nitrogens is 2. The molecule has 3 rings (SSSR count). The van der Waals surface area contributed by atoms with Gasteiger partial charge in [-0.1, -0.05) is 197 Å². The number of imidazole rings is 1. The zero-order chi connectivity index (χ0) is 31.1. The fourth-order valence-electron chi connectivity index (χ4n) is 7.30. The molecule has 0 aliphatic heterocycles. The summed E-state index contributed by atoms with van der Waals surface area (Å²) in [5, 5.41) is 0. The van der Waals surface area contributed by atoms with Gasteiger partial charge in [0, 0.05) is 5.41 Å². The van der Waals surface area contributed by atoms with Crippen LogP contribution in [0.5, 0.6) is 0 Å². The second kappa shape index (κ2) is 22.2. The number of rotatable bonds is 26. The fourth-order valence-corrected chi connectivity index (χ4v) is 7.30. The van der Waals surface area contributed by atoms with E-state index in [1.165, 1.54) is 145 Å². The highest BCUT2D eigenvalue weighted by molar-refractivity contribution is 5.32. The lowest BCUT2D eigenvalue weighted by atomic mass is 9.66. The van der Waals surface area contributed by atoms with Gasteiger partial charge in [-0.2, -0.15) is 0 Å². The number of benzene rings is 2. The third-order valence-electron chi connectivity index (χ3n) is 10.1. The van der Waals surface area contributed by atoms with E-state index in [9.17, 15) is 0 Å². The Morgan fingerprint density at radius 3 is 1.59 bits per heavy atom. The number of hydrogen-bond acceptors (Lipinski definition) is 0. The van der Waals surface area contributed by atoms with Crippen molar-refractivity contribution in [2.75, 3.05) is 0 Å². The van der Waals surface area contributed by atoms with E-state index in [0.717, 1.165) is 13.0 Å². The van der Waals surface area contributed by atoms with Gasteiger partial charge in [0.2, 0.25) is 0 Å². The van der Waals surface area contributed by atoms with E-state index in [1.807, 2.05) is 0 Å². The van der Waals surface area contributed by atoms with Gasteiger partial charge < -0.3 is 0 Å². The summed E-state index contributed by atoms with van der Waals surface area (Å²) in [7, 11) is 0. The van der Waals surface area contributed by atoms with Crippen LogP contribution in [0, 0.1) is 0 Å². The van der Waals surface area contributed by atoms with Gasteiger partial charge in [-0.05, 0) is 30.4 Å². The third kappa shape index (κ3) is 12.9. The van der Waals surface area contributed by atoms with Gasteiger partial charge in [0.05, 0.1) is 12.5 Å². The number of hydrogen-bond donors (Lipinski definition) is 1. The number of H-pyrrole nitrogens is 1. The minimum Gasteiger partial charge on any atom is -0.247 e. The van der Waals surface area contributed by atoms with Crippen molar-refractivity contribution in [3.8, 4) is 0 Å².